The Morgan fingerprint density at radius 3 is 2.30 bits per heavy atom. The lowest BCUT2D eigenvalue weighted by Crippen LogP contribution is -2.30. The van der Waals surface area contributed by atoms with Crippen LogP contribution in [0.25, 0.3) is 0 Å². The molecule has 1 aliphatic rings. The van der Waals surface area contributed by atoms with Gasteiger partial charge in [-0.1, -0.05) is 24.6 Å². The van der Waals surface area contributed by atoms with Gasteiger partial charge in [-0.3, -0.25) is 4.79 Å². The zero-order valence-electron chi connectivity index (χ0n) is 15.5. The second-order valence-electron chi connectivity index (χ2n) is 6.81. The topological polar surface area (TPSA) is 64.6 Å². The number of hydrogen-bond donors (Lipinski definition) is 1. The number of anilines is 1. The number of esters is 1. The van der Waals surface area contributed by atoms with Gasteiger partial charge in [-0.15, -0.1) is 0 Å². The molecule has 2 aromatic rings. The molecular weight excluding hydrogens is 342 g/mol. The van der Waals surface area contributed by atoms with Gasteiger partial charge < -0.3 is 14.8 Å². The molecule has 0 spiro atoms. The van der Waals surface area contributed by atoms with Crippen molar-refractivity contribution in [1.82, 2.24) is 0 Å². The fourth-order valence-corrected chi connectivity index (χ4v) is 3.09. The predicted octanol–water partition coefficient (Wildman–Crippen LogP) is 4.58. The average molecular weight is 367 g/mol. The molecule has 1 amide bonds. The van der Waals surface area contributed by atoms with Crippen molar-refractivity contribution in [2.75, 3.05) is 5.32 Å². The lowest BCUT2D eigenvalue weighted by Gasteiger charge is -2.21. The first kappa shape index (κ1) is 19.0. The smallest absolute Gasteiger partial charge is 0.338 e. The monoisotopic (exact) mass is 367 g/mol. The second-order valence-corrected chi connectivity index (χ2v) is 6.81. The van der Waals surface area contributed by atoms with Crippen molar-refractivity contribution in [2.24, 2.45) is 0 Å². The lowest BCUT2D eigenvalue weighted by atomic mass is 9.98. The zero-order valence-corrected chi connectivity index (χ0v) is 15.5. The van der Waals surface area contributed by atoms with Crippen molar-refractivity contribution in [3.8, 4) is 5.75 Å². The summed E-state index contributed by atoms with van der Waals surface area (Å²) in [4.78, 5) is 24.5. The molecule has 1 aliphatic carbocycles. The first-order valence-electron chi connectivity index (χ1n) is 9.45. The summed E-state index contributed by atoms with van der Waals surface area (Å²) in [5, 5.41) is 2.79. The van der Waals surface area contributed by atoms with Crippen LogP contribution in [0, 0.1) is 0 Å². The summed E-state index contributed by atoms with van der Waals surface area (Å²) >= 11 is 0. The molecule has 142 valence electrons. The molecule has 5 heteroatoms. The van der Waals surface area contributed by atoms with Crippen LogP contribution in [0.2, 0.25) is 0 Å². The number of carbonyl (C=O) groups excluding carboxylic acids is 2. The van der Waals surface area contributed by atoms with Gasteiger partial charge in [0.25, 0.3) is 5.91 Å². The van der Waals surface area contributed by atoms with Crippen LogP contribution in [-0.2, 0) is 9.53 Å². The van der Waals surface area contributed by atoms with Crippen LogP contribution < -0.4 is 10.1 Å². The first-order chi connectivity index (χ1) is 13.1. The highest BCUT2D eigenvalue weighted by Crippen LogP contribution is 2.22. The first-order valence-corrected chi connectivity index (χ1v) is 9.45. The van der Waals surface area contributed by atoms with Gasteiger partial charge in [-0.2, -0.15) is 0 Å². The van der Waals surface area contributed by atoms with E-state index in [0.717, 1.165) is 25.7 Å². The van der Waals surface area contributed by atoms with E-state index >= 15 is 0 Å². The highest BCUT2D eigenvalue weighted by molar-refractivity contribution is 5.95. The van der Waals surface area contributed by atoms with Gasteiger partial charge in [-0.25, -0.2) is 4.79 Å². The standard InChI is InChI=1S/C22H25NO4/c1-16(26-19-8-4-2-5-9-19)21(24)23-18-14-12-17(13-15-18)22(25)27-20-10-6-3-7-11-20/h2,4-5,8-9,12-16,20H,3,6-7,10-11H2,1H3,(H,23,24). The molecule has 2 aromatic carbocycles. The molecular formula is C22H25NO4. The average Bonchev–Trinajstić information content (AvgIpc) is 2.70. The minimum atomic E-state index is -0.636. The molecule has 0 aromatic heterocycles. The number of hydrogen-bond acceptors (Lipinski definition) is 4. The van der Waals surface area contributed by atoms with Crippen LogP contribution in [0.1, 0.15) is 49.4 Å². The van der Waals surface area contributed by atoms with Gasteiger partial charge >= 0.3 is 5.97 Å². The fraction of sp³-hybridized carbons (Fsp3) is 0.364. The van der Waals surface area contributed by atoms with Crippen LogP contribution in [-0.4, -0.2) is 24.1 Å². The van der Waals surface area contributed by atoms with Crippen LogP contribution >= 0.6 is 0 Å². The van der Waals surface area contributed by atoms with E-state index < -0.39 is 6.10 Å². The Kier molecular flexibility index (Phi) is 6.47. The maximum Gasteiger partial charge on any atom is 0.338 e. The minimum Gasteiger partial charge on any atom is -0.481 e. The zero-order chi connectivity index (χ0) is 19.1. The number of carbonyl (C=O) groups is 2. The van der Waals surface area contributed by atoms with Crippen molar-refractivity contribution in [3.63, 3.8) is 0 Å². The lowest BCUT2D eigenvalue weighted by molar-refractivity contribution is -0.122. The summed E-state index contributed by atoms with van der Waals surface area (Å²) in [7, 11) is 0. The number of para-hydroxylation sites is 1. The number of nitrogens with one attached hydrogen (secondary N) is 1. The van der Waals surface area contributed by atoms with Crippen LogP contribution in [0.5, 0.6) is 5.75 Å². The van der Waals surface area contributed by atoms with Crippen molar-refractivity contribution in [2.45, 2.75) is 51.2 Å². The van der Waals surface area contributed by atoms with E-state index in [2.05, 4.69) is 5.32 Å². The summed E-state index contributed by atoms with van der Waals surface area (Å²) in [5.74, 6) is 0.0814. The quantitative estimate of drug-likeness (QED) is 0.759. The summed E-state index contributed by atoms with van der Waals surface area (Å²) in [6.45, 7) is 1.69. The highest BCUT2D eigenvalue weighted by atomic mass is 16.5. The molecule has 27 heavy (non-hydrogen) atoms. The minimum absolute atomic E-state index is 0.0293. The Bertz CT molecular complexity index is 752. The molecule has 1 atom stereocenters. The van der Waals surface area contributed by atoms with Gasteiger partial charge in [0.2, 0.25) is 0 Å². The summed E-state index contributed by atoms with van der Waals surface area (Å²) in [5.41, 5.74) is 1.10. The molecule has 1 fully saturated rings. The van der Waals surface area contributed by atoms with Crippen LogP contribution in [0.4, 0.5) is 5.69 Å². The molecule has 0 aliphatic heterocycles. The van der Waals surface area contributed by atoms with E-state index in [1.165, 1.54) is 6.42 Å². The maximum atomic E-state index is 12.3. The van der Waals surface area contributed by atoms with Crippen LogP contribution in [0.3, 0.4) is 0 Å². The molecule has 0 saturated heterocycles. The molecule has 1 unspecified atom stereocenters. The normalized spacial score (nSPS) is 15.6. The van der Waals surface area contributed by atoms with E-state index in [9.17, 15) is 9.59 Å². The molecule has 1 N–H and O–H groups in total. The SMILES string of the molecule is CC(Oc1ccccc1)C(=O)Nc1ccc(C(=O)OC2CCCCC2)cc1. The molecule has 5 nitrogen and oxygen atoms in total. The Morgan fingerprint density at radius 2 is 1.63 bits per heavy atom. The Labute approximate surface area is 159 Å². The molecule has 0 bridgehead atoms. The van der Waals surface area contributed by atoms with Crippen molar-refractivity contribution < 1.29 is 19.1 Å². The van der Waals surface area contributed by atoms with E-state index in [4.69, 9.17) is 9.47 Å². The predicted molar refractivity (Wildman–Crippen MR) is 104 cm³/mol. The maximum absolute atomic E-state index is 12.3. The number of rotatable bonds is 6. The van der Waals surface area contributed by atoms with Crippen molar-refractivity contribution >= 4 is 17.6 Å². The van der Waals surface area contributed by atoms with E-state index in [0.29, 0.717) is 17.0 Å². The van der Waals surface area contributed by atoms with E-state index in [-0.39, 0.29) is 18.0 Å². The third-order valence-electron chi connectivity index (χ3n) is 4.64. The van der Waals surface area contributed by atoms with Crippen molar-refractivity contribution in [3.05, 3.63) is 60.2 Å². The van der Waals surface area contributed by atoms with Gasteiger partial charge in [0.15, 0.2) is 6.10 Å². The number of amides is 1. The molecule has 0 radical (unpaired) electrons. The van der Waals surface area contributed by atoms with Crippen LogP contribution in [0.15, 0.2) is 54.6 Å². The summed E-state index contributed by atoms with van der Waals surface area (Å²) in [6.07, 6.45) is 4.73. The number of benzene rings is 2. The van der Waals surface area contributed by atoms with Gasteiger partial charge in [0.1, 0.15) is 11.9 Å². The highest BCUT2D eigenvalue weighted by Gasteiger charge is 2.19. The molecule has 0 heterocycles. The fourth-order valence-electron chi connectivity index (χ4n) is 3.09. The Balaban J connectivity index is 1.52. The molecule has 3 rings (SSSR count). The largest absolute Gasteiger partial charge is 0.481 e. The van der Waals surface area contributed by atoms with Gasteiger partial charge in [0, 0.05) is 5.69 Å². The molecule has 1 saturated carbocycles. The summed E-state index contributed by atoms with van der Waals surface area (Å²) in [6, 6.07) is 15.9. The Hall–Kier alpha value is -2.82. The second kappa shape index (κ2) is 9.21. The summed E-state index contributed by atoms with van der Waals surface area (Å²) < 4.78 is 11.2. The van der Waals surface area contributed by atoms with Gasteiger partial charge in [-0.05, 0) is 69.0 Å². The third-order valence-corrected chi connectivity index (χ3v) is 4.64. The Morgan fingerprint density at radius 1 is 0.963 bits per heavy atom. The third kappa shape index (κ3) is 5.58. The van der Waals surface area contributed by atoms with E-state index in [1.54, 1.807) is 43.3 Å². The van der Waals surface area contributed by atoms with Crippen molar-refractivity contribution in [1.29, 1.82) is 0 Å². The van der Waals surface area contributed by atoms with Gasteiger partial charge in [0.05, 0.1) is 5.56 Å². The number of ether oxygens (including phenoxy) is 2. The van der Waals surface area contributed by atoms with E-state index in [1.807, 2.05) is 18.2 Å².